The lowest BCUT2D eigenvalue weighted by atomic mass is 10.2. The predicted octanol–water partition coefficient (Wildman–Crippen LogP) is 2.58. The average molecular weight is 256 g/mol. The molecule has 0 radical (unpaired) electrons. The number of amides is 1. The van der Waals surface area contributed by atoms with Gasteiger partial charge in [-0.1, -0.05) is 31.4 Å². The lowest BCUT2D eigenvalue weighted by Gasteiger charge is -2.17. The number of aromatic nitrogens is 1. The third-order valence-electron chi connectivity index (χ3n) is 2.55. The largest absolute Gasteiger partial charge is 0.384 e. The van der Waals surface area contributed by atoms with Crippen LogP contribution in [0.3, 0.4) is 0 Å². The van der Waals surface area contributed by atoms with Crippen LogP contribution in [0.1, 0.15) is 36.5 Å². The van der Waals surface area contributed by atoms with Crippen molar-refractivity contribution in [2.24, 2.45) is 0 Å². The second-order valence-electron chi connectivity index (χ2n) is 4.02. The molecule has 0 bridgehead atoms. The van der Waals surface area contributed by atoms with Crippen molar-refractivity contribution in [1.82, 2.24) is 9.88 Å². The maximum Gasteiger partial charge on any atom is 0.255 e. The van der Waals surface area contributed by atoms with Gasteiger partial charge in [0.05, 0.1) is 10.6 Å². The average Bonchev–Trinajstić information content (AvgIpc) is 2.31. The molecular weight excluding hydrogens is 238 g/mol. The van der Waals surface area contributed by atoms with Gasteiger partial charge in [0.25, 0.3) is 5.91 Å². The molecule has 1 aromatic rings. The van der Waals surface area contributed by atoms with Gasteiger partial charge in [0.1, 0.15) is 5.82 Å². The molecule has 0 spiro atoms. The number of halogens is 1. The first-order valence-electron chi connectivity index (χ1n) is 5.72. The standard InChI is InChI=1S/C12H18ClN3O/c1-3-4-5-6-16(2)12(17)9-7-11(14)15-8-10(9)13/h7-8H,3-6H2,1-2H3,(H2,14,15). The van der Waals surface area contributed by atoms with Crippen LogP contribution in [0, 0.1) is 0 Å². The van der Waals surface area contributed by atoms with Gasteiger partial charge in [0.2, 0.25) is 0 Å². The first-order chi connectivity index (χ1) is 8.06. The fourth-order valence-corrected chi connectivity index (χ4v) is 1.71. The van der Waals surface area contributed by atoms with E-state index in [0.29, 0.717) is 16.4 Å². The van der Waals surface area contributed by atoms with Crippen molar-refractivity contribution >= 4 is 23.3 Å². The van der Waals surface area contributed by atoms with Gasteiger partial charge in [0, 0.05) is 19.8 Å². The Balaban J connectivity index is 2.71. The molecule has 0 atom stereocenters. The lowest BCUT2D eigenvalue weighted by molar-refractivity contribution is 0.0793. The van der Waals surface area contributed by atoms with Gasteiger partial charge in [0.15, 0.2) is 0 Å². The molecule has 1 rings (SSSR count). The smallest absolute Gasteiger partial charge is 0.255 e. The highest BCUT2D eigenvalue weighted by atomic mass is 35.5. The normalized spacial score (nSPS) is 10.3. The fourth-order valence-electron chi connectivity index (χ4n) is 1.52. The van der Waals surface area contributed by atoms with Crippen molar-refractivity contribution in [2.45, 2.75) is 26.2 Å². The molecule has 1 aromatic heterocycles. The Morgan fingerprint density at radius 1 is 1.53 bits per heavy atom. The zero-order chi connectivity index (χ0) is 12.8. The van der Waals surface area contributed by atoms with Crippen LogP contribution in [-0.4, -0.2) is 29.4 Å². The Labute approximate surface area is 107 Å². The van der Waals surface area contributed by atoms with Gasteiger partial charge in [-0.15, -0.1) is 0 Å². The third-order valence-corrected chi connectivity index (χ3v) is 2.85. The SMILES string of the molecule is CCCCCN(C)C(=O)c1cc(N)ncc1Cl. The summed E-state index contributed by atoms with van der Waals surface area (Å²) in [5, 5.41) is 0.339. The van der Waals surface area contributed by atoms with Crippen LogP contribution in [0.5, 0.6) is 0 Å². The molecule has 0 aliphatic heterocycles. The van der Waals surface area contributed by atoms with E-state index in [2.05, 4.69) is 11.9 Å². The quantitative estimate of drug-likeness (QED) is 0.823. The molecular formula is C12H18ClN3O. The van der Waals surface area contributed by atoms with Crippen molar-refractivity contribution in [3.05, 3.63) is 22.8 Å². The Bertz CT molecular complexity index is 395. The van der Waals surface area contributed by atoms with E-state index in [0.717, 1.165) is 25.8 Å². The highest BCUT2D eigenvalue weighted by Crippen LogP contribution is 2.18. The molecule has 0 aliphatic carbocycles. The third kappa shape index (κ3) is 3.89. The second kappa shape index (κ2) is 6.45. The van der Waals surface area contributed by atoms with Crippen LogP contribution in [0.25, 0.3) is 0 Å². The van der Waals surface area contributed by atoms with E-state index in [1.165, 1.54) is 12.3 Å². The van der Waals surface area contributed by atoms with Gasteiger partial charge in [-0.3, -0.25) is 4.79 Å². The zero-order valence-corrected chi connectivity index (χ0v) is 11.0. The molecule has 1 amide bonds. The highest BCUT2D eigenvalue weighted by molar-refractivity contribution is 6.33. The van der Waals surface area contributed by atoms with Gasteiger partial charge < -0.3 is 10.6 Å². The van der Waals surface area contributed by atoms with E-state index in [-0.39, 0.29) is 5.91 Å². The number of hydrogen-bond acceptors (Lipinski definition) is 3. The molecule has 2 N–H and O–H groups in total. The maximum atomic E-state index is 12.1. The van der Waals surface area contributed by atoms with Crippen molar-refractivity contribution in [3.63, 3.8) is 0 Å². The highest BCUT2D eigenvalue weighted by Gasteiger charge is 2.15. The van der Waals surface area contributed by atoms with E-state index in [9.17, 15) is 4.79 Å². The number of hydrogen-bond donors (Lipinski definition) is 1. The number of nitrogens with two attached hydrogens (primary N) is 1. The minimum absolute atomic E-state index is 0.111. The summed E-state index contributed by atoms with van der Waals surface area (Å²) < 4.78 is 0. The molecule has 0 aliphatic rings. The van der Waals surface area contributed by atoms with Crippen molar-refractivity contribution in [2.75, 3.05) is 19.3 Å². The molecule has 0 unspecified atom stereocenters. The first kappa shape index (κ1) is 13.8. The van der Waals surface area contributed by atoms with Crippen LogP contribution in [0.15, 0.2) is 12.3 Å². The number of carbonyl (C=O) groups excluding carboxylic acids is 1. The maximum absolute atomic E-state index is 12.1. The summed E-state index contributed by atoms with van der Waals surface area (Å²) in [6, 6.07) is 1.51. The fraction of sp³-hybridized carbons (Fsp3) is 0.500. The monoisotopic (exact) mass is 255 g/mol. The lowest BCUT2D eigenvalue weighted by Crippen LogP contribution is -2.28. The summed E-state index contributed by atoms with van der Waals surface area (Å²) in [4.78, 5) is 17.6. The molecule has 17 heavy (non-hydrogen) atoms. The summed E-state index contributed by atoms with van der Waals surface area (Å²) in [6.45, 7) is 2.85. The predicted molar refractivity (Wildman–Crippen MR) is 70.1 cm³/mol. The molecule has 0 fully saturated rings. The van der Waals surface area contributed by atoms with E-state index in [4.69, 9.17) is 17.3 Å². The van der Waals surface area contributed by atoms with Crippen molar-refractivity contribution in [3.8, 4) is 0 Å². The number of rotatable bonds is 5. The second-order valence-corrected chi connectivity index (χ2v) is 4.43. The number of carbonyl (C=O) groups is 1. The molecule has 5 heteroatoms. The number of pyridine rings is 1. The van der Waals surface area contributed by atoms with Gasteiger partial charge in [-0.05, 0) is 12.5 Å². The van der Waals surface area contributed by atoms with Crippen LogP contribution in [0.2, 0.25) is 5.02 Å². The molecule has 94 valence electrons. The van der Waals surface area contributed by atoms with Crippen LogP contribution in [-0.2, 0) is 0 Å². The van der Waals surface area contributed by atoms with E-state index < -0.39 is 0 Å². The summed E-state index contributed by atoms with van der Waals surface area (Å²) in [6.07, 6.45) is 4.65. The molecule has 4 nitrogen and oxygen atoms in total. The van der Waals surface area contributed by atoms with E-state index >= 15 is 0 Å². The number of nitrogens with zero attached hydrogens (tertiary/aromatic N) is 2. The van der Waals surface area contributed by atoms with Crippen LogP contribution in [0.4, 0.5) is 5.82 Å². The Hall–Kier alpha value is -1.29. The Morgan fingerprint density at radius 2 is 2.24 bits per heavy atom. The first-order valence-corrected chi connectivity index (χ1v) is 6.10. The minimum Gasteiger partial charge on any atom is -0.384 e. The topological polar surface area (TPSA) is 59.2 Å². The van der Waals surface area contributed by atoms with Gasteiger partial charge in [-0.25, -0.2) is 4.98 Å². The van der Waals surface area contributed by atoms with Crippen LogP contribution >= 0.6 is 11.6 Å². The zero-order valence-electron chi connectivity index (χ0n) is 10.2. The summed E-state index contributed by atoms with van der Waals surface area (Å²) in [7, 11) is 1.77. The Morgan fingerprint density at radius 3 is 2.88 bits per heavy atom. The molecule has 1 heterocycles. The number of nitrogen functional groups attached to an aromatic ring is 1. The molecule has 0 saturated carbocycles. The number of anilines is 1. The van der Waals surface area contributed by atoms with Gasteiger partial charge in [-0.2, -0.15) is 0 Å². The minimum atomic E-state index is -0.111. The number of unbranched alkanes of at least 4 members (excludes halogenated alkanes) is 2. The summed E-state index contributed by atoms with van der Waals surface area (Å²) >= 11 is 5.93. The van der Waals surface area contributed by atoms with Crippen molar-refractivity contribution in [1.29, 1.82) is 0 Å². The van der Waals surface area contributed by atoms with Crippen molar-refractivity contribution < 1.29 is 4.79 Å². The molecule has 0 aromatic carbocycles. The van der Waals surface area contributed by atoms with E-state index in [1.54, 1.807) is 11.9 Å². The van der Waals surface area contributed by atoms with Gasteiger partial charge >= 0.3 is 0 Å². The summed E-state index contributed by atoms with van der Waals surface area (Å²) in [5.41, 5.74) is 5.96. The summed E-state index contributed by atoms with van der Waals surface area (Å²) in [5.74, 6) is 0.194. The van der Waals surface area contributed by atoms with Crippen LogP contribution < -0.4 is 5.73 Å². The Kier molecular flexibility index (Phi) is 5.22. The molecule has 0 saturated heterocycles. The van der Waals surface area contributed by atoms with E-state index in [1.807, 2.05) is 0 Å².